The second-order valence-corrected chi connectivity index (χ2v) is 6.60. The summed E-state index contributed by atoms with van der Waals surface area (Å²) in [6.07, 6.45) is 0. The van der Waals surface area contributed by atoms with Gasteiger partial charge in [-0.15, -0.1) is 0 Å². The molecule has 8 nitrogen and oxygen atoms in total. The maximum Gasteiger partial charge on any atom is 0.251 e. The minimum Gasteiger partial charge on any atom is -0.454 e. The summed E-state index contributed by atoms with van der Waals surface area (Å²) in [4.78, 5) is 36.4. The number of anilines is 2. The highest BCUT2D eigenvalue weighted by molar-refractivity contribution is 6.05. The van der Waals surface area contributed by atoms with Gasteiger partial charge in [-0.05, 0) is 44.5 Å². The van der Waals surface area contributed by atoms with E-state index in [9.17, 15) is 14.4 Å². The molecule has 0 bridgehead atoms. The number of ether oxygens (including phenoxy) is 2. The first-order chi connectivity index (χ1) is 13.9. The molecule has 0 saturated heterocycles. The van der Waals surface area contributed by atoms with Crippen molar-refractivity contribution in [3.8, 4) is 11.5 Å². The Bertz CT molecular complexity index is 971. The fourth-order valence-corrected chi connectivity index (χ4v) is 2.92. The molecule has 3 rings (SSSR count). The third-order valence-electron chi connectivity index (χ3n) is 4.44. The van der Waals surface area contributed by atoms with Gasteiger partial charge in [0.15, 0.2) is 17.3 Å². The number of hydrogen-bond donors (Lipinski definition) is 3. The third kappa shape index (κ3) is 4.66. The van der Waals surface area contributed by atoms with Crippen molar-refractivity contribution in [2.75, 3.05) is 30.5 Å². The van der Waals surface area contributed by atoms with Crippen LogP contribution in [-0.2, 0) is 4.79 Å². The number of carbonyl (C=O) groups excluding carboxylic acids is 3. The van der Waals surface area contributed by atoms with Crippen LogP contribution in [0, 0.1) is 6.92 Å². The van der Waals surface area contributed by atoms with Crippen LogP contribution in [0.1, 0.15) is 40.1 Å². The van der Waals surface area contributed by atoms with Crippen LogP contribution in [0.25, 0.3) is 0 Å². The molecule has 1 heterocycles. The number of aryl methyl sites for hydroxylation is 1. The fraction of sp³-hybridized carbons (Fsp3) is 0.286. The van der Waals surface area contributed by atoms with Crippen LogP contribution in [0.3, 0.4) is 0 Å². The number of amides is 2. The first-order valence-electron chi connectivity index (χ1n) is 9.26. The van der Waals surface area contributed by atoms with Gasteiger partial charge in [-0.25, -0.2) is 0 Å². The third-order valence-corrected chi connectivity index (χ3v) is 4.44. The molecule has 8 heteroatoms. The fourth-order valence-electron chi connectivity index (χ4n) is 2.92. The maximum atomic E-state index is 12.5. The number of rotatable bonds is 7. The van der Waals surface area contributed by atoms with E-state index in [1.54, 1.807) is 24.3 Å². The molecule has 152 valence electrons. The molecule has 29 heavy (non-hydrogen) atoms. The highest BCUT2D eigenvalue weighted by atomic mass is 16.7. The lowest BCUT2D eigenvalue weighted by Gasteiger charge is -2.13. The van der Waals surface area contributed by atoms with E-state index in [2.05, 4.69) is 16.0 Å². The van der Waals surface area contributed by atoms with Crippen LogP contribution in [0.2, 0.25) is 0 Å². The largest absolute Gasteiger partial charge is 0.454 e. The summed E-state index contributed by atoms with van der Waals surface area (Å²) < 4.78 is 10.6. The second kappa shape index (κ2) is 8.64. The van der Waals surface area contributed by atoms with E-state index in [0.717, 1.165) is 5.56 Å². The molecule has 2 aromatic rings. The number of benzene rings is 2. The highest BCUT2D eigenvalue weighted by Gasteiger charge is 2.20. The zero-order valence-corrected chi connectivity index (χ0v) is 16.5. The number of Topliss-reactive ketones (excluding diaryl/α,β-unsaturated/α-hetero) is 1. The summed E-state index contributed by atoms with van der Waals surface area (Å²) in [6, 6.07) is 8.40. The molecule has 2 amide bonds. The lowest BCUT2D eigenvalue weighted by molar-refractivity contribution is -0.114. The molecule has 2 aromatic carbocycles. The van der Waals surface area contributed by atoms with Crippen molar-refractivity contribution < 1.29 is 23.9 Å². The minimum absolute atomic E-state index is 0.0362. The number of fused-ring (bicyclic) bond motifs is 1. The van der Waals surface area contributed by atoms with E-state index in [-0.39, 0.29) is 30.9 Å². The van der Waals surface area contributed by atoms with E-state index in [0.29, 0.717) is 40.5 Å². The van der Waals surface area contributed by atoms with Gasteiger partial charge in [0, 0.05) is 29.4 Å². The Kier molecular flexibility index (Phi) is 6.01. The van der Waals surface area contributed by atoms with E-state index in [4.69, 9.17) is 9.47 Å². The lowest BCUT2D eigenvalue weighted by atomic mass is 10.1. The average molecular weight is 397 g/mol. The summed E-state index contributed by atoms with van der Waals surface area (Å²) in [7, 11) is 0. The first-order valence-corrected chi connectivity index (χ1v) is 9.26. The Morgan fingerprint density at radius 2 is 1.76 bits per heavy atom. The quantitative estimate of drug-likeness (QED) is 0.621. The van der Waals surface area contributed by atoms with E-state index < -0.39 is 0 Å². The zero-order valence-electron chi connectivity index (χ0n) is 16.5. The van der Waals surface area contributed by atoms with Crippen LogP contribution in [0.5, 0.6) is 11.5 Å². The van der Waals surface area contributed by atoms with E-state index >= 15 is 0 Å². The van der Waals surface area contributed by atoms with Crippen LogP contribution in [0.15, 0.2) is 30.3 Å². The number of hydrogen-bond acceptors (Lipinski definition) is 6. The van der Waals surface area contributed by atoms with E-state index in [1.807, 2.05) is 19.9 Å². The standard InChI is InChI=1S/C21H23N3O5/c1-4-22-21(27)14-6-5-12(2)16(7-14)23-10-20(26)24-17-9-19-18(28-11-29-19)8-15(17)13(3)25/h5-9,23H,4,10-11H2,1-3H3,(H,22,27)(H,24,26). The molecule has 1 aliphatic rings. The molecule has 0 atom stereocenters. The Balaban J connectivity index is 1.70. The van der Waals surface area contributed by atoms with Gasteiger partial charge in [0.2, 0.25) is 12.7 Å². The topological polar surface area (TPSA) is 106 Å². The summed E-state index contributed by atoms with van der Waals surface area (Å²) >= 11 is 0. The van der Waals surface area contributed by atoms with E-state index in [1.165, 1.54) is 6.92 Å². The number of ketones is 1. The summed E-state index contributed by atoms with van der Waals surface area (Å²) in [5, 5.41) is 8.51. The van der Waals surface area contributed by atoms with Gasteiger partial charge >= 0.3 is 0 Å². The number of carbonyl (C=O) groups is 3. The van der Waals surface area contributed by atoms with Gasteiger partial charge in [0.25, 0.3) is 5.91 Å². The predicted octanol–water partition coefficient (Wildman–Crippen LogP) is 2.73. The molecule has 0 aliphatic carbocycles. The molecule has 1 aliphatic heterocycles. The van der Waals surface area contributed by atoms with Gasteiger partial charge in [0.1, 0.15) is 0 Å². The lowest BCUT2D eigenvalue weighted by Crippen LogP contribution is -2.24. The predicted molar refractivity (Wildman–Crippen MR) is 109 cm³/mol. The van der Waals surface area contributed by atoms with Gasteiger partial charge in [-0.1, -0.05) is 6.07 Å². The molecule has 0 saturated carbocycles. The van der Waals surface area contributed by atoms with Gasteiger partial charge < -0.3 is 25.4 Å². The Hall–Kier alpha value is -3.55. The molecule has 0 unspecified atom stereocenters. The minimum atomic E-state index is -0.339. The summed E-state index contributed by atoms with van der Waals surface area (Å²) in [5.41, 5.74) is 2.80. The van der Waals surface area contributed by atoms with Crippen molar-refractivity contribution in [1.82, 2.24) is 5.32 Å². The highest BCUT2D eigenvalue weighted by Crippen LogP contribution is 2.37. The molecule has 0 spiro atoms. The van der Waals surface area contributed by atoms with Crippen molar-refractivity contribution in [2.24, 2.45) is 0 Å². The molecule has 0 aromatic heterocycles. The summed E-state index contributed by atoms with van der Waals surface area (Å²) in [5.74, 6) is 0.241. The SMILES string of the molecule is CCNC(=O)c1ccc(C)c(NCC(=O)Nc2cc3c(cc2C(C)=O)OCO3)c1. The Labute approximate surface area is 168 Å². The molecule has 0 fully saturated rings. The molecular formula is C21H23N3O5. The normalized spacial score (nSPS) is 11.7. The summed E-state index contributed by atoms with van der Waals surface area (Å²) in [6.45, 7) is 5.72. The van der Waals surface area contributed by atoms with Crippen molar-refractivity contribution in [3.63, 3.8) is 0 Å². The van der Waals surface area contributed by atoms with Crippen LogP contribution < -0.4 is 25.4 Å². The van der Waals surface area contributed by atoms with Crippen LogP contribution in [0.4, 0.5) is 11.4 Å². The van der Waals surface area contributed by atoms with Gasteiger partial charge in [0.05, 0.1) is 12.2 Å². The van der Waals surface area contributed by atoms with Gasteiger partial charge in [-0.3, -0.25) is 14.4 Å². The molecular weight excluding hydrogens is 374 g/mol. The average Bonchev–Trinajstić information content (AvgIpc) is 3.14. The zero-order chi connectivity index (χ0) is 21.0. The van der Waals surface area contributed by atoms with Crippen molar-refractivity contribution in [3.05, 3.63) is 47.0 Å². The van der Waals surface area contributed by atoms with Crippen LogP contribution >= 0.6 is 0 Å². The monoisotopic (exact) mass is 397 g/mol. The number of nitrogens with one attached hydrogen (secondary N) is 3. The van der Waals surface area contributed by atoms with Crippen LogP contribution in [-0.4, -0.2) is 37.5 Å². The first kappa shape index (κ1) is 20.2. The van der Waals surface area contributed by atoms with Crippen molar-refractivity contribution in [1.29, 1.82) is 0 Å². The molecule has 0 radical (unpaired) electrons. The van der Waals surface area contributed by atoms with Crippen molar-refractivity contribution >= 4 is 29.0 Å². The smallest absolute Gasteiger partial charge is 0.251 e. The Morgan fingerprint density at radius 1 is 1.03 bits per heavy atom. The Morgan fingerprint density at radius 3 is 2.45 bits per heavy atom. The maximum absolute atomic E-state index is 12.5. The van der Waals surface area contributed by atoms with Crippen molar-refractivity contribution in [2.45, 2.75) is 20.8 Å². The van der Waals surface area contributed by atoms with Gasteiger partial charge in [-0.2, -0.15) is 0 Å². The molecule has 3 N–H and O–H groups in total. The second-order valence-electron chi connectivity index (χ2n) is 6.60.